The Kier molecular flexibility index (Phi) is 6.23. The number of rotatable bonds is 6. The van der Waals surface area contributed by atoms with Gasteiger partial charge >= 0.3 is 6.03 Å². The molecule has 0 atom stereocenters. The van der Waals surface area contributed by atoms with Crippen LogP contribution in [0.15, 0.2) is 30.5 Å². The molecule has 2 fully saturated rings. The van der Waals surface area contributed by atoms with E-state index in [1.165, 1.54) is 0 Å². The largest absolute Gasteiger partial charge is 0.362 e. The number of carbonyl (C=O) groups is 1. The van der Waals surface area contributed by atoms with Gasteiger partial charge in [0.1, 0.15) is 5.82 Å². The molecule has 0 aliphatic heterocycles. The standard InChI is InChI=1S/C23H31ClN6O/c1-15-14-25-21(28-20(15)30(2)3)26-18-8-10-19(11-9-18)27-22(31)29-23(12-13-23)16-4-6-17(24)7-5-16/h4-7,14,18-19H,8-13H2,1-3H3,(H,25,26,28)(H2,27,29,31). The molecule has 0 saturated heterocycles. The Bertz CT molecular complexity index is 920. The van der Waals surface area contributed by atoms with Gasteiger partial charge in [0.2, 0.25) is 5.95 Å². The molecule has 0 spiro atoms. The molecule has 2 aliphatic carbocycles. The van der Waals surface area contributed by atoms with Crippen molar-refractivity contribution in [2.45, 2.75) is 63.1 Å². The summed E-state index contributed by atoms with van der Waals surface area (Å²) < 4.78 is 0. The van der Waals surface area contributed by atoms with Crippen molar-refractivity contribution in [1.82, 2.24) is 20.6 Å². The molecular formula is C23H31ClN6O. The van der Waals surface area contributed by atoms with Crippen LogP contribution in [0.5, 0.6) is 0 Å². The van der Waals surface area contributed by atoms with Crippen LogP contribution in [0.4, 0.5) is 16.6 Å². The summed E-state index contributed by atoms with van der Waals surface area (Å²) in [5, 5.41) is 10.5. The summed E-state index contributed by atoms with van der Waals surface area (Å²) >= 11 is 5.99. The Morgan fingerprint density at radius 2 is 1.74 bits per heavy atom. The number of nitrogens with one attached hydrogen (secondary N) is 3. The fourth-order valence-electron chi connectivity index (χ4n) is 4.34. The number of nitrogens with zero attached hydrogens (tertiary/aromatic N) is 3. The van der Waals surface area contributed by atoms with E-state index in [-0.39, 0.29) is 17.6 Å². The van der Waals surface area contributed by atoms with Crippen LogP contribution < -0.4 is 20.9 Å². The highest BCUT2D eigenvalue weighted by atomic mass is 35.5. The van der Waals surface area contributed by atoms with Gasteiger partial charge in [0.05, 0.1) is 5.54 Å². The molecule has 1 heterocycles. The predicted octanol–water partition coefficient (Wildman–Crippen LogP) is 4.22. The van der Waals surface area contributed by atoms with E-state index in [1.807, 2.05) is 56.4 Å². The maximum absolute atomic E-state index is 12.6. The van der Waals surface area contributed by atoms with Crippen LogP contribution in [-0.4, -0.2) is 42.2 Å². The quantitative estimate of drug-likeness (QED) is 0.624. The third kappa shape index (κ3) is 5.21. The molecule has 0 radical (unpaired) electrons. The van der Waals surface area contributed by atoms with Gasteiger partial charge < -0.3 is 20.9 Å². The first-order valence-electron chi connectivity index (χ1n) is 11.0. The average molecular weight is 443 g/mol. The molecule has 2 aliphatic rings. The summed E-state index contributed by atoms with van der Waals surface area (Å²) in [4.78, 5) is 23.7. The molecule has 0 bridgehead atoms. The van der Waals surface area contributed by atoms with Gasteiger partial charge in [-0.2, -0.15) is 4.98 Å². The minimum atomic E-state index is -0.236. The van der Waals surface area contributed by atoms with E-state index in [9.17, 15) is 4.79 Å². The molecule has 31 heavy (non-hydrogen) atoms. The zero-order valence-corrected chi connectivity index (χ0v) is 19.2. The lowest BCUT2D eigenvalue weighted by molar-refractivity contribution is 0.226. The lowest BCUT2D eigenvalue weighted by Gasteiger charge is -2.30. The number of urea groups is 1. The van der Waals surface area contributed by atoms with Gasteiger partial charge in [-0.05, 0) is 63.1 Å². The van der Waals surface area contributed by atoms with Crippen LogP contribution in [0.3, 0.4) is 0 Å². The number of hydrogen-bond acceptors (Lipinski definition) is 5. The Morgan fingerprint density at radius 1 is 1.10 bits per heavy atom. The zero-order chi connectivity index (χ0) is 22.0. The Morgan fingerprint density at radius 3 is 2.35 bits per heavy atom. The number of halogens is 1. The highest BCUT2D eigenvalue weighted by Gasteiger charge is 2.45. The van der Waals surface area contributed by atoms with Crippen LogP contribution in [-0.2, 0) is 5.54 Å². The molecule has 1 aromatic heterocycles. The number of aryl methyl sites for hydroxylation is 1. The van der Waals surface area contributed by atoms with Gasteiger partial charge in [0.25, 0.3) is 0 Å². The first kappa shape index (κ1) is 21.7. The normalized spacial score (nSPS) is 21.8. The highest BCUT2D eigenvalue weighted by Crippen LogP contribution is 2.45. The molecule has 4 rings (SSSR count). The van der Waals surface area contributed by atoms with Crippen molar-refractivity contribution >= 4 is 29.4 Å². The van der Waals surface area contributed by atoms with Crippen molar-refractivity contribution in [3.63, 3.8) is 0 Å². The van der Waals surface area contributed by atoms with Gasteiger partial charge in [-0.15, -0.1) is 0 Å². The Labute approximate surface area is 189 Å². The van der Waals surface area contributed by atoms with Crippen molar-refractivity contribution in [3.8, 4) is 0 Å². The molecule has 8 heteroatoms. The van der Waals surface area contributed by atoms with Gasteiger partial charge in [-0.1, -0.05) is 23.7 Å². The molecular weight excluding hydrogens is 412 g/mol. The number of anilines is 2. The second-order valence-electron chi connectivity index (χ2n) is 8.98. The van der Waals surface area contributed by atoms with Crippen molar-refractivity contribution in [3.05, 3.63) is 46.6 Å². The van der Waals surface area contributed by atoms with E-state index >= 15 is 0 Å². The summed E-state index contributed by atoms with van der Waals surface area (Å²) in [7, 11) is 3.97. The lowest BCUT2D eigenvalue weighted by Crippen LogP contribution is -2.48. The van der Waals surface area contributed by atoms with Gasteiger partial charge in [-0.3, -0.25) is 0 Å². The van der Waals surface area contributed by atoms with E-state index in [1.54, 1.807) is 0 Å². The van der Waals surface area contributed by atoms with Crippen molar-refractivity contribution in [1.29, 1.82) is 0 Å². The maximum Gasteiger partial charge on any atom is 0.315 e. The van der Waals surface area contributed by atoms with Crippen LogP contribution in [0, 0.1) is 6.92 Å². The van der Waals surface area contributed by atoms with Gasteiger partial charge in [0, 0.05) is 43.0 Å². The van der Waals surface area contributed by atoms with E-state index in [0.717, 1.165) is 55.5 Å². The van der Waals surface area contributed by atoms with Crippen molar-refractivity contribution in [2.24, 2.45) is 0 Å². The second kappa shape index (κ2) is 8.91. The molecule has 2 aromatic rings. The minimum absolute atomic E-state index is 0.0821. The lowest BCUT2D eigenvalue weighted by atomic mass is 9.91. The number of amides is 2. The van der Waals surface area contributed by atoms with Crippen LogP contribution in [0.2, 0.25) is 5.02 Å². The number of hydrogen-bond donors (Lipinski definition) is 3. The molecule has 2 amide bonds. The third-order valence-electron chi connectivity index (χ3n) is 6.26. The first-order valence-corrected chi connectivity index (χ1v) is 11.3. The SMILES string of the molecule is Cc1cnc(NC2CCC(NC(=O)NC3(c4ccc(Cl)cc4)CC3)CC2)nc1N(C)C. The number of aromatic nitrogens is 2. The van der Waals surface area contributed by atoms with Gasteiger partial charge in [0.15, 0.2) is 0 Å². The summed E-state index contributed by atoms with van der Waals surface area (Å²) in [5.41, 5.74) is 1.94. The summed E-state index contributed by atoms with van der Waals surface area (Å²) in [6, 6.07) is 8.19. The number of benzene rings is 1. The summed E-state index contributed by atoms with van der Waals surface area (Å²) in [6.07, 6.45) is 7.60. The molecule has 3 N–H and O–H groups in total. The van der Waals surface area contributed by atoms with Crippen molar-refractivity contribution < 1.29 is 4.79 Å². The fourth-order valence-corrected chi connectivity index (χ4v) is 4.46. The summed E-state index contributed by atoms with van der Waals surface area (Å²) in [5.74, 6) is 1.60. The second-order valence-corrected chi connectivity index (χ2v) is 9.41. The third-order valence-corrected chi connectivity index (χ3v) is 6.52. The Hall–Kier alpha value is -2.54. The van der Waals surface area contributed by atoms with E-state index in [0.29, 0.717) is 17.0 Å². The van der Waals surface area contributed by atoms with E-state index < -0.39 is 0 Å². The van der Waals surface area contributed by atoms with Gasteiger partial charge in [-0.25, -0.2) is 9.78 Å². The zero-order valence-electron chi connectivity index (χ0n) is 18.4. The van der Waals surface area contributed by atoms with Crippen LogP contribution >= 0.6 is 11.6 Å². The summed E-state index contributed by atoms with van der Waals surface area (Å²) in [6.45, 7) is 2.01. The maximum atomic E-state index is 12.6. The van der Waals surface area contributed by atoms with Crippen LogP contribution in [0.1, 0.15) is 49.7 Å². The minimum Gasteiger partial charge on any atom is -0.362 e. The van der Waals surface area contributed by atoms with E-state index in [2.05, 4.69) is 25.9 Å². The van der Waals surface area contributed by atoms with Crippen LogP contribution in [0.25, 0.3) is 0 Å². The highest BCUT2D eigenvalue weighted by molar-refractivity contribution is 6.30. The predicted molar refractivity (Wildman–Crippen MR) is 125 cm³/mol. The smallest absolute Gasteiger partial charge is 0.315 e. The molecule has 2 saturated carbocycles. The molecule has 0 unspecified atom stereocenters. The monoisotopic (exact) mass is 442 g/mol. The fraction of sp³-hybridized carbons (Fsp3) is 0.522. The first-order chi connectivity index (χ1) is 14.8. The average Bonchev–Trinajstić information content (AvgIpc) is 3.51. The number of carbonyl (C=O) groups excluding carboxylic acids is 1. The molecule has 166 valence electrons. The molecule has 1 aromatic carbocycles. The molecule has 7 nitrogen and oxygen atoms in total. The van der Waals surface area contributed by atoms with E-state index in [4.69, 9.17) is 11.6 Å². The van der Waals surface area contributed by atoms with Crippen molar-refractivity contribution in [2.75, 3.05) is 24.3 Å². The topological polar surface area (TPSA) is 82.2 Å². The Balaban J connectivity index is 1.25.